The van der Waals surface area contributed by atoms with Crippen molar-refractivity contribution in [3.8, 4) is 5.75 Å². The van der Waals surface area contributed by atoms with Crippen LogP contribution in [0.2, 0.25) is 0 Å². The number of anilines is 1. The molecule has 0 aromatic heterocycles. The molecule has 0 radical (unpaired) electrons. The highest BCUT2D eigenvalue weighted by Crippen LogP contribution is 2.15. The summed E-state index contributed by atoms with van der Waals surface area (Å²) in [5.41, 5.74) is 1.36. The number of hydrogen-bond donors (Lipinski definition) is 2. The summed E-state index contributed by atoms with van der Waals surface area (Å²) in [5, 5.41) is 5.11. The average molecular weight is 426 g/mol. The highest BCUT2D eigenvalue weighted by molar-refractivity contribution is 6.00. The number of Topliss-reactive ketones (excluding diaryl/α,β-unsaturated/α-hetero) is 1. The lowest BCUT2D eigenvalue weighted by atomic mass is 10.1. The Hall–Kier alpha value is -3.68. The van der Waals surface area contributed by atoms with Crippen LogP contribution in [0.5, 0.6) is 5.75 Å². The van der Waals surface area contributed by atoms with Crippen LogP contribution in [0.25, 0.3) is 0 Å². The molecule has 0 saturated carbocycles. The van der Waals surface area contributed by atoms with Gasteiger partial charge in [0.2, 0.25) is 5.91 Å². The van der Waals surface area contributed by atoms with Crippen LogP contribution in [0, 0.1) is 0 Å². The lowest BCUT2D eigenvalue weighted by Crippen LogP contribution is -2.30. The predicted octanol–water partition coefficient (Wildman–Crippen LogP) is 2.98. The van der Waals surface area contributed by atoms with Gasteiger partial charge in [-0.05, 0) is 55.0 Å². The van der Waals surface area contributed by atoms with Crippen molar-refractivity contribution in [2.24, 2.45) is 0 Å². The van der Waals surface area contributed by atoms with Gasteiger partial charge in [0, 0.05) is 29.7 Å². The molecule has 0 bridgehead atoms. The largest absolute Gasteiger partial charge is 0.494 e. The third-order valence-corrected chi connectivity index (χ3v) is 4.28. The quantitative estimate of drug-likeness (QED) is 0.422. The van der Waals surface area contributed by atoms with Crippen LogP contribution in [-0.4, -0.2) is 43.8 Å². The summed E-state index contributed by atoms with van der Waals surface area (Å²) in [6, 6.07) is 13.1. The molecule has 0 atom stereocenters. The molecule has 2 amide bonds. The number of benzene rings is 2. The van der Waals surface area contributed by atoms with Crippen LogP contribution >= 0.6 is 0 Å². The molecule has 0 unspecified atom stereocenters. The van der Waals surface area contributed by atoms with Gasteiger partial charge in [0.05, 0.1) is 13.7 Å². The van der Waals surface area contributed by atoms with E-state index in [2.05, 4.69) is 15.4 Å². The van der Waals surface area contributed by atoms with Crippen LogP contribution in [-0.2, 0) is 14.3 Å². The van der Waals surface area contributed by atoms with Gasteiger partial charge >= 0.3 is 5.97 Å². The maximum atomic E-state index is 12.3. The normalized spacial score (nSPS) is 10.1. The lowest BCUT2D eigenvalue weighted by Gasteiger charge is -2.08. The number of rotatable bonds is 11. The number of carbonyl (C=O) groups is 4. The van der Waals surface area contributed by atoms with E-state index in [4.69, 9.17) is 4.74 Å². The van der Waals surface area contributed by atoms with E-state index < -0.39 is 11.9 Å². The number of hydrogen-bond acceptors (Lipinski definition) is 6. The van der Waals surface area contributed by atoms with Crippen LogP contribution in [0.15, 0.2) is 48.5 Å². The number of ether oxygens (including phenoxy) is 2. The fraction of sp³-hybridized carbons (Fsp3) is 0.304. The SMILES string of the molecule is CCCOc1ccc(C(=O)CCC(=O)Nc2ccc(C(=O)NCC(=O)OC)cc2)cc1. The zero-order valence-electron chi connectivity index (χ0n) is 17.6. The predicted molar refractivity (Wildman–Crippen MR) is 115 cm³/mol. The van der Waals surface area contributed by atoms with Gasteiger partial charge in [0.15, 0.2) is 5.78 Å². The molecular weight excluding hydrogens is 400 g/mol. The maximum absolute atomic E-state index is 12.3. The Balaban J connectivity index is 1.79. The van der Waals surface area contributed by atoms with E-state index >= 15 is 0 Å². The van der Waals surface area contributed by atoms with E-state index in [0.717, 1.165) is 6.42 Å². The van der Waals surface area contributed by atoms with Crippen molar-refractivity contribution in [3.63, 3.8) is 0 Å². The highest BCUT2D eigenvalue weighted by Gasteiger charge is 2.11. The number of methoxy groups -OCH3 is 1. The molecule has 31 heavy (non-hydrogen) atoms. The summed E-state index contributed by atoms with van der Waals surface area (Å²) < 4.78 is 9.94. The molecule has 0 saturated heterocycles. The molecule has 2 rings (SSSR count). The minimum Gasteiger partial charge on any atom is -0.494 e. The topological polar surface area (TPSA) is 111 Å². The van der Waals surface area contributed by atoms with Gasteiger partial charge in [-0.25, -0.2) is 0 Å². The summed E-state index contributed by atoms with van der Waals surface area (Å²) in [4.78, 5) is 47.4. The zero-order valence-corrected chi connectivity index (χ0v) is 17.6. The molecule has 8 heteroatoms. The molecule has 0 aliphatic carbocycles. The first-order valence-electron chi connectivity index (χ1n) is 9.94. The van der Waals surface area contributed by atoms with E-state index in [0.29, 0.717) is 29.2 Å². The second-order valence-electron chi connectivity index (χ2n) is 6.68. The van der Waals surface area contributed by atoms with Crippen molar-refractivity contribution in [2.75, 3.05) is 25.6 Å². The second-order valence-corrected chi connectivity index (χ2v) is 6.68. The molecular formula is C23H26N2O6. The first kappa shape index (κ1) is 23.6. The van der Waals surface area contributed by atoms with Gasteiger partial charge in [-0.2, -0.15) is 0 Å². The van der Waals surface area contributed by atoms with Crippen molar-refractivity contribution in [1.82, 2.24) is 5.32 Å². The van der Waals surface area contributed by atoms with Gasteiger partial charge in [-0.3, -0.25) is 19.2 Å². The molecule has 8 nitrogen and oxygen atoms in total. The van der Waals surface area contributed by atoms with Gasteiger partial charge in [0.1, 0.15) is 12.3 Å². The zero-order chi connectivity index (χ0) is 22.6. The smallest absolute Gasteiger partial charge is 0.325 e. The van der Waals surface area contributed by atoms with E-state index in [1.165, 1.54) is 19.2 Å². The number of amides is 2. The third kappa shape index (κ3) is 7.93. The Bertz CT molecular complexity index is 907. The summed E-state index contributed by atoms with van der Waals surface area (Å²) in [7, 11) is 1.23. The Labute approximate surface area is 180 Å². The fourth-order valence-corrected chi connectivity index (χ4v) is 2.58. The molecule has 2 aromatic carbocycles. The molecule has 0 spiro atoms. The lowest BCUT2D eigenvalue weighted by molar-refractivity contribution is -0.139. The fourth-order valence-electron chi connectivity index (χ4n) is 2.58. The second kappa shape index (κ2) is 12.1. The number of nitrogens with one attached hydrogen (secondary N) is 2. The first-order valence-corrected chi connectivity index (χ1v) is 9.94. The number of ketones is 1. The molecule has 164 valence electrons. The van der Waals surface area contributed by atoms with Crippen LogP contribution in [0.3, 0.4) is 0 Å². The van der Waals surface area contributed by atoms with Gasteiger partial charge in [-0.1, -0.05) is 6.92 Å². The molecule has 0 aliphatic rings. The number of esters is 1. The summed E-state index contributed by atoms with van der Waals surface area (Å²) in [6.45, 7) is 2.41. The van der Waals surface area contributed by atoms with Crippen LogP contribution < -0.4 is 15.4 Å². The maximum Gasteiger partial charge on any atom is 0.325 e. The third-order valence-electron chi connectivity index (χ3n) is 4.28. The summed E-state index contributed by atoms with van der Waals surface area (Å²) in [6.07, 6.45) is 1.02. The molecule has 0 heterocycles. The van der Waals surface area contributed by atoms with Gasteiger partial charge in [-0.15, -0.1) is 0 Å². The van der Waals surface area contributed by atoms with E-state index in [1.807, 2.05) is 6.92 Å². The monoisotopic (exact) mass is 426 g/mol. The average Bonchev–Trinajstić information content (AvgIpc) is 2.80. The van der Waals surface area contributed by atoms with Crippen LogP contribution in [0.4, 0.5) is 5.69 Å². The Morgan fingerprint density at radius 3 is 2.13 bits per heavy atom. The standard InChI is InChI=1S/C23H26N2O6/c1-3-14-31-19-10-6-16(7-11-19)20(26)12-13-21(27)25-18-8-4-17(5-9-18)23(29)24-15-22(28)30-2/h4-11H,3,12-15H2,1-2H3,(H,24,29)(H,25,27). The van der Waals surface area contributed by atoms with E-state index in [1.54, 1.807) is 36.4 Å². The molecule has 2 N–H and O–H groups in total. The summed E-state index contributed by atoms with van der Waals surface area (Å²) >= 11 is 0. The van der Waals surface area contributed by atoms with Crippen molar-refractivity contribution < 1.29 is 28.7 Å². The van der Waals surface area contributed by atoms with Gasteiger partial charge in [0.25, 0.3) is 5.91 Å². The highest BCUT2D eigenvalue weighted by atomic mass is 16.5. The van der Waals surface area contributed by atoms with Crippen LogP contribution in [0.1, 0.15) is 46.9 Å². The minimum atomic E-state index is -0.549. The number of carbonyl (C=O) groups excluding carboxylic acids is 4. The Morgan fingerprint density at radius 1 is 0.871 bits per heavy atom. The molecule has 0 aliphatic heterocycles. The van der Waals surface area contributed by atoms with E-state index in [-0.39, 0.29) is 31.1 Å². The Morgan fingerprint density at radius 2 is 1.52 bits per heavy atom. The molecule has 2 aromatic rings. The first-order chi connectivity index (χ1) is 14.9. The Kier molecular flexibility index (Phi) is 9.22. The van der Waals surface area contributed by atoms with Crippen molar-refractivity contribution in [3.05, 3.63) is 59.7 Å². The van der Waals surface area contributed by atoms with Crippen molar-refractivity contribution in [1.29, 1.82) is 0 Å². The minimum absolute atomic E-state index is 0.0360. The van der Waals surface area contributed by atoms with E-state index in [9.17, 15) is 19.2 Å². The van der Waals surface area contributed by atoms with Crippen molar-refractivity contribution in [2.45, 2.75) is 26.2 Å². The molecule has 0 fully saturated rings. The van der Waals surface area contributed by atoms with Crippen molar-refractivity contribution >= 4 is 29.3 Å². The summed E-state index contributed by atoms with van der Waals surface area (Å²) in [5.74, 6) is -0.708. The van der Waals surface area contributed by atoms with Gasteiger partial charge < -0.3 is 20.1 Å².